The van der Waals surface area contributed by atoms with Crippen LogP contribution in [-0.2, 0) is 0 Å². The van der Waals surface area contributed by atoms with Crippen LogP contribution in [0.1, 0.15) is 38.3 Å². The molecular formula is C26H32FN5O3. The second kappa shape index (κ2) is 8.41. The highest BCUT2D eigenvalue weighted by molar-refractivity contribution is 5.87. The van der Waals surface area contributed by atoms with E-state index in [9.17, 15) is 9.59 Å². The van der Waals surface area contributed by atoms with E-state index in [1.807, 2.05) is 35.2 Å². The van der Waals surface area contributed by atoms with Crippen LogP contribution in [0, 0.1) is 24.1 Å². The molecule has 2 atom stereocenters. The smallest absolute Gasteiger partial charge is 0.350 e. The number of anilines is 1. The Labute approximate surface area is 202 Å². The van der Waals surface area contributed by atoms with Crippen molar-refractivity contribution in [2.45, 2.75) is 45.7 Å². The van der Waals surface area contributed by atoms with Crippen molar-refractivity contribution < 1.29 is 9.13 Å². The highest BCUT2D eigenvalue weighted by Crippen LogP contribution is 2.43. The van der Waals surface area contributed by atoms with Crippen LogP contribution >= 0.6 is 0 Å². The molecule has 3 aromatic rings. The average Bonchev–Trinajstić information content (AvgIpc) is 3.60. The largest absolute Gasteiger partial charge is 0.492 e. The van der Waals surface area contributed by atoms with Gasteiger partial charge in [0.2, 0.25) is 0 Å². The summed E-state index contributed by atoms with van der Waals surface area (Å²) in [5, 5.41) is 0.126. The Hall–Kier alpha value is -3.33. The van der Waals surface area contributed by atoms with Gasteiger partial charge in [0.1, 0.15) is 18.2 Å². The van der Waals surface area contributed by atoms with Gasteiger partial charge in [0.15, 0.2) is 0 Å². The van der Waals surface area contributed by atoms with E-state index in [2.05, 4.69) is 13.8 Å². The molecule has 1 aromatic heterocycles. The second-order valence-electron chi connectivity index (χ2n) is 10.6. The van der Waals surface area contributed by atoms with Crippen LogP contribution in [0.3, 0.4) is 0 Å². The molecule has 186 valence electrons. The molecule has 2 heterocycles. The van der Waals surface area contributed by atoms with Gasteiger partial charge in [-0.25, -0.2) is 9.18 Å². The van der Waals surface area contributed by atoms with Crippen LogP contribution in [0.2, 0.25) is 0 Å². The third-order valence-corrected chi connectivity index (χ3v) is 7.52. The normalized spacial score (nSPS) is 20.4. The molecule has 5 rings (SSSR count). The molecule has 35 heavy (non-hydrogen) atoms. The molecule has 0 bridgehead atoms. The Kier molecular flexibility index (Phi) is 5.62. The first-order valence-corrected chi connectivity index (χ1v) is 12.0. The summed E-state index contributed by atoms with van der Waals surface area (Å²) in [6, 6.07) is 10.5. The lowest BCUT2D eigenvalue weighted by molar-refractivity contribution is 0.185. The molecule has 4 N–H and O–H groups in total. The number of nitrogen functional groups attached to an aromatic ring is 1. The predicted octanol–water partition coefficient (Wildman–Crippen LogP) is 2.53. The molecule has 2 aromatic carbocycles. The third-order valence-electron chi connectivity index (χ3n) is 7.52. The Bertz CT molecular complexity index is 1390. The van der Waals surface area contributed by atoms with Gasteiger partial charge in [-0.15, -0.1) is 0 Å². The van der Waals surface area contributed by atoms with Crippen LogP contribution in [0.15, 0.2) is 46.0 Å². The minimum absolute atomic E-state index is 0.0243. The van der Waals surface area contributed by atoms with Crippen molar-refractivity contribution in [3.8, 4) is 5.75 Å². The minimum atomic E-state index is -0.685. The van der Waals surface area contributed by atoms with Gasteiger partial charge < -0.3 is 21.2 Å². The van der Waals surface area contributed by atoms with Crippen molar-refractivity contribution in [3.05, 3.63) is 68.6 Å². The zero-order valence-corrected chi connectivity index (χ0v) is 20.3. The molecule has 8 nitrogen and oxygen atoms in total. The van der Waals surface area contributed by atoms with Crippen LogP contribution < -0.4 is 32.5 Å². The van der Waals surface area contributed by atoms with Crippen molar-refractivity contribution in [1.82, 2.24) is 9.24 Å². The summed E-state index contributed by atoms with van der Waals surface area (Å²) in [5.41, 5.74) is 6.59. The molecule has 9 heteroatoms. The summed E-state index contributed by atoms with van der Waals surface area (Å²) >= 11 is 0. The number of ether oxygens (including phenoxy) is 1. The predicted molar refractivity (Wildman–Crippen MR) is 135 cm³/mol. The van der Waals surface area contributed by atoms with Gasteiger partial charge in [0, 0.05) is 36.7 Å². The van der Waals surface area contributed by atoms with Gasteiger partial charge in [-0.3, -0.25) is 9.36 Å². The van der Waals surface area contributed by atoms with E-state index in [1.165, 1.54) is 6.07 Å². The van der Waals surface area contributed by atoms with E-state index < -0.39 is 17.1 Å². The van der Waals surface area contributed by atoms with Gasteiger partial charge in [0.05, 0.1) is 16.6 Å². The summed E-state index contributed by atoms with van der Waals surface area (Å²) in [5.74, 6) is 6.05. The van der Waals surface area contributed by atoms with Gasteiger partial charge in [-0.2, -0.15) is 4.68 Å². The number of hydrogen-bond acceptors (Lipinski definition) is 6. The van der Waals surface area contributed by atoms with Crippen LogP contribution in [0.25, 0.3) is 10.9 Å². The molecule has 0 amide bonds. The van der Waals surface area contributed by atoms with Crippen molar-refractivity contribution >= 4 is 16.6 Å². The molecule has 0 radical (unpaired) electrons. The summed E-state index contributed by atoms with van der Waals surface area (Å²) < 4.78 is 23.6. The molecule has 2 aliphatic rings. The number of hydrogen-bond donors (Lipinski definition) is 2. The van der Waals surface area contributed by atoms with Crippen LogP contribution in [0.4, 0.5) is 10.1 Å². The molecular weight excluding hydrogens is 449 g/mol. The molecule has 2 fully saturated rings. The number of fused-ring (bicyclic) bond motifs is 1. The molecule has 1 saturated carbocycles. The van der Waals surface area contributed by atoms with Crippen molar-refractivity contribution in [2.24, 2.45) is 17.1 Å². The van der Waals surface area contributed by atoms with Crippen molar-refractivity contribution in [2.75, 3.05) is 30.4 Å². The first-order chi connectivity index (χ1) is 16.6. The van der Waals surface area contributed by atoms with E-state index in [0.29, 0.717) is 41.1 Å². The van der Waals surface area contributed by atoms with Crippen molar-refractivity contribution in [3.63, 3.8) is 0 Å². The minimum Gasteiger partial charge on any atom is -0.492 e. The number of benzene rings is 2. The molecule has 1 saturated heterocycles. The van der Waals surface area contributed by atoms with Gasteiger partial charge >= 0.3 is 5.69 Å². The monoisotopic (exact) mass is 481 g/mol. The fourth-order valence-corrected chi connectivity index (χ4v) is 5.59. The maximum atomic E-state index is 15.6. The maximum absolute atomic E-state index is 15.6. The Balaban J connectivity index is 1.51. The highest BCUT2D eigenvalue weighted by Gasteiger charge is 2.44. The molecule has 0 spiro atoms. The molecule has 1 aliphatic carbocycles. The average molecular weight is 482 g/mol. The molecule has 1 unspecified atom stereocenters. The Morgan fingerprint density at radius 2 is 1.89 bits per heavy atom. The van der Waals surface area contributed by atoms with E-state index in [4.69, 9.17) is 16.3 Å². The molecule has 1 aliphatic heterocycles. The second-order valence-corrected chi connectivity index (χ2v) is 10.6. The van der Waals surface area contributed by atoms with Crippen molar-refractivity contribution in [1.29, 1.82) is 0 Å². The van der Waals surface area contributed by atoms with E-state index >= 15 is 4.39 Å². The number of aryl methyl sites for hydroxylation is 1. The number of para-hydroxylation sites is 1. The quantitative estimate of drug-likeness (QED) is 0.524. The number of halogens is 1. The van der Waals surface area contributed by atoms with Gasteiger partial charge in [-0.1, -0.05) is 32.0 Å². The lowest BCUT2D eigenvalue weighted by Crippen LogP contribution is -2.44. The number of rotatable bonds is 6. The summed E-state index contributed by atoms with van der Waals surface area (Å²) in [4.78, 5) is 27.6. The highest BCUT2D eigenvalue weighted by atomic mass is 19.1. The number of aromatic nitrogens is 2. The zero-order valence-electron chi connectivity index (χ0n) is 20.3. The van der Waals surface area contributed by atoms with Gasteiger partial charge in [-0.05, 0) is 43.4 Å². The van der Waals surface area contributed by atoms with Crippen LogP contribution in [0.5, 0.6) is 5.75 Å². The standard InChI is InChI=1S/C26H32FN5O3/c1-15-22-18(24(33)32(29)25(34)31(22)16-9-10-16)11-20(27)23(15)30-12-19(26(2,3)14-30)21(28)13-35-17-7-5-4-6-8-17/h4-8,11,16,19,21H,9-10,12-14,28-29H2,1-3H3/t19?,21-/m0/s1. The van der Waals surface area contributed by atoms with Crippen LogP contribution in [-0.4, -0.2) is 35.0 Å². The fraction of sp³-hybridized carbons (Fsp3) is 0.462. The Morgan fingerprint density at radius 1 is 1.20 bits per heavy atom. The zero-order chi connectivity index (χ0) is 25.1. The lowest BCUT2D eigenvalue weighted by Gasteiger charge is -2.30. The number of nitrogens with zero attached hydrogens (tertiary/aromatic N) is 3. The number of nitrogens with two attached hydrogens (primary N) is 2. The van der Waals surface area contributed by atoms with E-state index in [0.717, 1.165) is 18.6 Å². The first kappa shape index (κ1) is 23.4. The fourth-order valence-electron chi connectivity index (χ4n) is 5.59. The third kappa shape index (κ3) is 3.97. The maximum Gasteiger partial charge on any atom is 0.350 e. The summed E-state index contributed by atoms with van der Waals surface area (Å²) in [6.45, 7) is 7.50. The summed E-state index contributed by atoms with van der Waals surface area (Å²) in [7, 11) is 0. The summed E-state index contributed by atoms with van der Waals surface area (Å²) in [6.07, 6.45) is 1.66. The van der Waals surface area contributed by atoms with E-state index in [1.54, 1.807) is 11.5 Å². The lowest BCUT2D eigenvalue weighted by atomic mass is 9.78. The SMILES string of the molecule is Cc1c(N2CC([C@@H](N)COc3ccccc3)C(C)(C)C2)c(F)cc2c(=O)n(N)c(=O)n(C3CC3)c12. The Morgan fingerprint density at radius 3 is 2.54 bits per heavy atom. The van der Waals surface area contributed by atoms with Gasteiger partial charge in [0.25, 0.3) is 5.56 Å². The first-order valence-electron chi connectivity index (χ1n) is 12.0. The van der Waals surface area contributed by atoms with E-state index in [-0.39, 0.29) is 28.8 Å². The topological polar surface area (TPSA) is 109 Å².